The third-order valence-electron chi connectivity index (χ3n) is 9.06. The lowest BCUT2D eigenvalue weighted by atomic mass is 9.96. The Kier molecular flexibility index (Phi) is 10.4. The van der Waals surface area contributed by atoms with Gasteiger partial charge in [0.15, 0.2) is 0 Å². The molecule has 0 atom stereocenters. The molecular formula is C37H37ClF2N6O4. The molecule has 0 unspecified atom stereocenters. The number of ether oxygens (including phenoxy) is 2. The lowest BCUT2D eigenvalue weighted by molar-refractivity contribution is -0.149. The number of rotatable bonds is 10. The van der Waals surface area contributed by atoms with E-state index in [1.807, 2.05) is 56.3 Å². The number of aromatic nitrogens is 4. The van der Waals surface area contributed by atoms with Gasteiger partial charge in [-0.3, -0.25) is 14.5 Å². The summed E-state index contributed by atoms with van der Waals surface area (Å²) in [7, 11) is 3.08. The first kappa shape index (κ1) is 34.9. The summed E-state index contributed by atoms with van der Waals surface area (Å²) in [4.78, 5) is 36.4. The van der Waals surface area contributed by atoms with E-state index in [-0.39, 0.29) is 28.5 Å². The average Bonchev–Trinajstić information content (AvgIpc) is 3.11. The number of methoxy groups -OCH3 is 1. The number of halogens is 3. The Morgan fingerprint density at radius 1 is 1.06 bits per heavy atom. The predicted octanol–water partition coefficient (Wildman–Crippen LogP) is 7.48. The molecule has 0 spiro atoms. The number of carbonyl (C=O) groups is 1. The Hall–Kier alpha value is -4.94. The van der Waals surface area contributed by atoms with Crippen LogP contribution in [0.5, 0.6) is 5.88 Å². The molecule has 3 aromatic heterocycles. The first-order valence-corrected chi connectivity index (χ1v) is 16.7. The molecular weight excluding hydrogens is 666 g/mol. The zero-order valence-electron chi connectivity index (χ0n) is 28.2. The smallest absolute Gasteiger partial charge is 0.309 e. The third-order valence-corrected chi connectivity index (χ3v) is 9.46. The molecule has 1 aliphatic rings. The number of pyridine rings is 2. The second-order valence-electron chi connectivity index (χ2n) is 12.2. The van der Waals surface area contributed by atoms with Crippen LogP contribution in [0.15, 0.2) is 65.6 Å². The molecule has 0 saturated carbocycles. The normalized spacial score (nSPS) is 13.9. The maximum Gasteiger partial charge on any atom is 0.309 e. The Bertz CT molecular complexity index is 2120. The number of anilines is 2. The molecule has 260 valence electrons. The molecule has 50 heavy (non-hydrogen) atoms. The van der Waals surface area contributed by atoms with Crippen molar-refractivity contribution in [3.63, 3.8) is 0 Å². The van der Waals surface area contributed by atoms with E-state index in [0.717, 1.165) is 52.9 Å². The van der Waals surface area contributed by atoms with Gasteiger partial charge in [-0.05, 0) is 69.1 Å². The van der Waals surface area contributed by atoms with E-state index in [4.69, 9.17) is 26.1 Å². The summed E-state index contributed by atoms with van der Waals surface area (Å²) in [6, 6.07) is 16.3. The second kappa shape index (κ2) is 14.9. The Balaban J connectivity index is 1.28. The number of hydrogen-bond donors (Lipinski definition) is 1. The number of benzene rings is 2. The van der Waals surface area contributed by atoms with Gasteiger partial charge in [0, 0.05) is 41.4 Å². The second-order valence-corrected chi connectivity index (χ2v) is 12.5. The lowest BCUT2D eigenvalue weighted by Crippen LogP contribution is -2.36. The van der Waals surface area contributed by atoms with Crippen molar-refractivity contribution in [2.75, 3.05) is 32.1 Å². The summed E-state index contributed by atoms with van der Waals surface area (Å²) in [5.41, 5.74) is 4.20. The minimum atomic E-state index is -2.84. The Morgan fingerprint density at radius 2 is 1.78 bits per heavy atom. The van der Waals surface area contributed by atoms with E-state index in [1.54, 1.807) is 13.2 Å². The van der Waals surface area contributed by atoms with Gasteiger partial charge in [-0.25, -0.2) is 23.4 Å². The highest BCUT2D eigenvalue weighted by Gasteiger charge is 2.27. The number of fused-ring (bicyclic) bond motifs is 1. The van der Waals surface area contributed by atoms with Gasteiger partial charge in [-0.1, -0.05) is 48.0 Å². The van der Waals surface area contributed by atoms with Crippen LogP contribution < -0.4 is 15.6 Å². The molecule has 1 fully saturated rings. The first-order valence-electron chi connectivity index (χ1n) is 16.3. The zero-order valence-corrected chi connectivity index (χ0v) is 28.9. The molecule has 6 rings (SSSR count). The van der Waals surface area contributed by atoms with Gasteiger partial charge in [0.2, 0.25) is 5.88 Å². The number of esters is 1. The molecule has 1 saturated heterocycles. The van der Waals surface area contributed by atoms with E-state index < -0.39 is 17.7 Å². The van der Waals surface area contributed by atoms with Crippen molar-refractivity contribution < 1.29 is 23.0 Å². The molecule has 2 aromatic carbocycles. The number of likely N-dealkylation sites (tertiary alicyclic amines) is 1. The third kappa shape index (κ3) is 7.03. The molecule has 13 heteroatoms. The van der Waals surface area contributed by atoms with Crippen molar-refractivity contribution in [3.05, 3.63) is 93.0 Å². The monoisotopic (exact) mass is 702 g/mol. The van der Waals surface area contributed by atoms with E-state index in [1.165, 1.54) is 19.3 Å². The summed E-state index contributed by atoms with van der Waals surface area (Å²) >= 11 is 7.09. The van der Waals surface area contributed by atoms with Crippen LogP contribution in [-0.4, -0.2) is 57.4 Å². The largest absolute Gasteiger partial charge is 0.481 e. The number of alkyl halides is 2. The quantitative estimate of drug-likeness (QED) is 0.148. The van der Waals surface area contributed by atoms with Gasteiger partial charge in [0.05, 0.1) is 41.9 Å². The van der Waals surface area contributed by atoms with Crippen molar-refractivity contribution >= 4 is 39.8 Å². The maximum absolute atomic E-state index is 13.8. The van der Waals surface area contributed by atoms with Crippen molar-refractivity contribution in [3.8, 4) is 28.3 Å². The van der Waals surface area contributed by atoms with Crippen molar-refractivity contribution in [2.24, 2.45) is 13.0 Å². The average molecular weight is 703 g/mol. The number of hydrogen-bond acceptors (Lipinski definition) is 9. The fourth-order valence-corrected chi connectivity index (χ4v) is 6.67. The van der Waals surface area contributed by atoms with E-state index >= 15 is 0 Å². The number of aryl methyl sites for hydroxylation is 1. The molecule has 1 N–H and O–H groups in total. The zero-order chi connectivity index (χ0) is 35.5. The molecule has 1 aliphatic heterocycles. The number of piperidine rings is 1. The van der Waals surface area contributed by atoms with Crippen LogP contribution in [0.1, 0.15) is 43.0 Å². The number of nitrogens with zero attached hydrogens (tertiary/aromatic N) is 5. The summed E-state index contributed by atoms with van der Waals surface area (Å²) in [5, 5.41) is 8.01. The molecule has 0 radical (unpaired) electrons. The first-order chi connectivity index (χ1) is 24.1. The Labute approximate surface area is 293 Å². The SMILES string of the molecule is CCOC(=O)C1CCN(Cc2ccc(-c3cccc(-c4cccc(Nc5nc(C(F)F)cc6cnn(C)c(=O)c56)c4C)c3Cl)nc2OC)CC1. The summed E-state index contributed by atoms with van der Waals surface area (Å²) in [6.07, 6.45) is 0.0252. The van der Waals surface area contributed by atoms with Gasteiger partial charge in [-0.2, -0.15) is 5.10 Å². The lowest BCUT2D eigenvalue weighted by Gasteiger charge is -2.31. The van der Waals surface area contributed by atoms with Gasteiger partial charge < -0.3 is 14.8 Å². The molecule has 5 aromatic rings. The van der Waals surface area contributed by atoms with Crippen LogP contribution in [0.2, 0.25) is 5.02 Å². The summed E-state index contributed by atoms with van der Waals surface area (Å²) < 4.78 is 39.6. The fraction of sp³-hybridized carbons (Fsp3) is 0.324. The minimum Gasteiger partial charge on any atom is -0.481 e. The van der Waals surface area contributed by atoms with Crippen LogP contribution in [-0.2, 0) is 23.1 Å². The van der Waals surface area contributed by atoms with Gasteiger partial charge in [0.1, 0.15) is 11.5 Å². The highest BCUT2D eigenvalue weighted by molar-refractivity contribution is 6.36. The number of carbonyl (C=O) groups excluding carboxylic acids is 1. The van der Waals surface area contributed by atoms with Crippen LogP contribution in [0.25, 0.3) is 33.2 Å². The maximum atomic E-state index is 13.8. The standard InChI is InChI=1S/C37H37ClF2N6O4/c1-5-50-37(48)22-14-16-46(17-15-22)20-23-12-13-29(44-35(23)49-4)27-10-6-9-26(32(27)38)25-8-7-11-28(21(25)2)42-34-31-24(18-30(43-34)33(39)40)19-41-45(3)36(31)47/h6-13,18-19,22,33H,5,14-17,20H2,1-4H3,(H,42,43). The highest BCUT2D eigenvalue weighted by Crippen LogP contribution is 2.40. The molecule has 4 heterocycles. The Morgan fingerprint density at radius 3 is 2.50 bits per heavy atom. The molecule has 0 bridgehead atoms. The number of nitrogens with one attached hydrogen (secondary N) is 1. The molecule has 0 amide bonds. The van der Waals surface area contributed by atoms with E-state index in [2.05, 4.69) is 20.3 Å². The fourth-order valence-electron chi connectivity index (χ4n) is 6.35. The van der Waals surface area contributed by atoms with Gasteiger partial charge in [0.25, 0.3) is 12.0 Å². The van der Waals surface area contributed by atoms with Crippen LogP contribution in [0, 0.1) is 12.8 Å². The van der Waals surface area contributed by atoms with Crippen molar-refractivity contribution in [1.82, 2.24) is 24.6 Å². The van der Waals surface area contributed by atoms with Crippen molar-refractivity contribution in [1.29, 1.82) is 0 Å². The topological polar surface area (TPSA) is 111 Å². The molecule has 10 nitrogen and oxygen atoms in total. The highest BCUT2D eigenvalue weighted by atomic mass is 35.5. The van der Waals surface area contributed by atoms with Gasteiger partial charge >= 0.3 is 5.97 Å². The van der Waals surface area contributed by atoms with Crippen LogP contribution in [0.3, 0.4) is 0 Å². The van der Waals surface area contributed by atoms with Crippen LogP contribution in [0.4, 0.5) is 20.3 Å². The van der Waals surface area contributed by atoms with E-state index in [9.17, 15) is 18.4 Å². The molecule has 0 aliphatic carbocycles. The minimum absolute atomic E-state index is 0.0145. The summed E-state index contributed by atoms with van der Waals surface area (Å²) in [6.45, 7) is 6.27. The van der Waals surface area contributed by atoms with E-state index in [0.29, 0.717) is 41.0 Å². The summed E-state index contributed by atoms with van der Waals surface area (Å²) in [5.74, 6) is 0.317. The van der Waals surface area contributed by atoms with Gasteiger partial charge in [-0.15, -0.1) is 0 Å². The predicted molar refractivity (Wildman–Crippen MR) is 189 cm³/mol. The van der Waals surface area contributed by atoms with Crippen LogP contribution >= 0.6 is 11.6 Å². The van der Waals surface area contributed by atoms with Crippen molar-refractivity contribution in [2.45, 2.75) is 39.7 Å².